The van der Waals surface area contributed by atoms with Crippen LogP contribution < -0.4 is 0 Å². The van der Waals surface area contributed by atoms with Crippen LogP contribution in [0, 0.1) is 0 Å². The van der Waals surface area contributed by atoms with E-state index in [1.807, 2.05) is 0 Å². The molecule has 0 radical (unpaired) electrons. The molecule has 0 aromatic heterocycles. The van der Waals surface area contributed by atoms with Crippen molar-refractivity contribution in [1.29, 1.82) is 0 Å². The predicted octanol–water partition coefficient (Wildman–Crippen LogP) is -1.62. The van der Waals surface area contributed by atoms with Gasteiger partial charge in [-0.1, -0.05) is 0 Å². The first-order chi connectivity index (χ1) is 11.5. The molecule has 7 N–H and O–H groups in total. The molecule has 0 spiro atoms. The minimum Gasteiger partial charge on any atom is -0.366 e. The number of hydrogen-bond acceptors (Lipinski definition) is 9. The number of aliphatic hydroxyl groups excluding tert-OH is 2. The van der Waals surface area contributed by atoms with E-state index < -0.39 is 64.6 Å². The van der Waals surface area contributed by atoms with Crippen molar-refractivity contribution in [2.45, 2.75) is 55.7 Å². The molecular weight excluding hydrogens is 425 g/mol. The van der Waals surface area contributed by atoms with E-state index in [1.165, 1.54) is 13.8 Å². The van der Waals surface area contributed by atoms with Crippen molar-refractivity contribution in [1.82, 2.24) is 0 Å². The fraction of sp³-hybridized carbons (Fsp3) is 1.00. The van der Waals surface area contributed by atoms with Gasteiger partial charge in [-0.15, -0.1) is 0 Å². The number of hydrogen-bond donors (Lipinski definition) is 7. The molecule has 2 aliphatic rings. The number of rotatable bonds is 6. The van der Waals surface area contributed by atoms with Gasteiger partial charge >= 0.3 is 22.8 Å². The van der Waals surface area contributed by atoms with E-state index in [0.29, 0.717) is 0 Å². The maximum absolute atomic E-state index is 12.1. The van der Waals surface area contributed by atoms with Gasteiger partial charge in [0.2, 0.25) is 0 Å². The SMILES string of the molecule is CC1(C)O[C@@H]2[C@H](O1)[C@@H](C(O)OP(=O)(O)C(P(=O)(O)O)P(=O)(O)O)O[C@H]2O. The monoisotopic (exact) mass is 444 g/mol. The average molecular weight is 444 g/mol. The minimum atomic E-state index is -5.82. The molecule has 2 unspecified atom stereocenters. The van der Waals surface area contributed by atoms with Crippen LogP contribution in [0.25, 0.3) is 0 Å². The molecule has 2 saturated heterocycles. The molecule has 2 heterocycles. The summed E-state index contributed by atoms with van der Waals surface area (Å²) in [5.74, 6) is -1.21. The summed E-state index contributed by atoms with van der Waals surface area (Å²) >= 11 is 0. The van der Waals surface area contributed by atoms with Gasteiger partial charge in [0.25, 0.3) is 5.14 Å². The molecule has 14 nitrogen and oxygen atoms in total. The summed E-state index contributed by atoms with van der Waals surface area (Å²) in [6.45, 7) is 2.94. The van der Waals surface area contributed by atoms with Crippen LogP contribution in [-0.4, -0.2) is 76.5 Å². The molecule has 0 bridgehead atoms. The zero-order chi connectivity index (χ0) is 20.3. The third kappa shape index (κ3) is 4.62. The molecule has 26 heavy (non-hydrogen) atoms. The molecular formula is C9H19O14P3. The van der Waals surface area contributed by atoms with Gasteiger partial charge in [-0.3, -0.25) is 18.2 Å². The molecule has 0 aliphatic carbocycles. The van der Waals surface area contributed by atoms with Crippen LogP contribution in [0.15, 0.2) is 0 Å². The molecule has 2 rings (SSSR count). The topological polar surface area (TPSA) is 230 Å². The molecule has 2 fully saturated rings. The summed E-state index contributed by atoms with van der Waals surface area (Å²) in [5, 5.41) is 16.3. The van der Waals surface area contributed by atoms with E-state index in [0.717, 1.165) is 0 Å². The highest BCUT2D eigenvalue weighted by atomic mass is 31.3. The van der Waals surface area contributed by atoms with Crippen molar-refractivity contribution in [2.24, 2.45) is 0 Å². The minimum absolute atomic E-state index is 1.11. The van der Waals surface area contributed by atoms with Crippen molar-refractivity contribution >= 4 is 22.8 Å². The van der Waals surface area contributed by atoms with Gasteiger partial charge in [0, 0.05) is 0 Å². The van der Waals surface area contributed by atoms with E-state index >= 15 is 0 Å². The van der Waals surface area contributed by atoms with Crippen molar-refractivity contribution in [2.75, 3.05) is 0 Å². The summed E-state index contributed by atoms with van der Waals surface area (Å²) < 4.78 is 54.4. The zero-order valence-electron chi connectivity index (χ0n) is 13.3. The third-order valence-corrected chi connectivity index (χ3v) is 11.2. The highest BCUT2D eigenvalue weighted by Crippen LogP contribution is 2.75. The standard InChI is InChI=1S/C9H19O14P3/c1-9(2)21-3-4(20-6(10)5(3)22-9)7(11)23-26(18,19)8(24(12,13)14)25(15,16)17/h3-8,10-11H,1-2H3,(H,18,19)(H2,12,13,14)(H2,15,16,17)/t3-,4+,5-,6-,7?/m1/s1. The van der Waals surface area contributed by atoms with E-state index in [4.69, 9.17) is 33.8 Å². The van der Waals surface area contributed by atoms with Gasteiger partial charge < -0.3 is 48.9 Å². The van der Waals surface area contributed by atoms with Gasteiger partial charge in [0.05, 0.1) is 0 Å². The second kappa shape index (κ2) is 6.94. The summed E-state index contributed by atoms with van der Waals surface area (Å²) in [6, 6.07) is 0. The summed E-state index contributed by atoms with van der Waals surface area (Å²) in [5.41, 5.74) is 0. The van der Waals surface area contributed by atoms with Gasteiger partial charge in [-0.25, -0.2) is 0 Å². The maximum atomic E-state index is 12.1. The Morgan fingerprint density at radius 2 is 1.42 bits per heavy atom. The number of ether oxygens (including phenoxy) is 3. The lowest BCUT2D eigenvalue weighted by Crippen LogP contribution is -2.40. The van der Waals surface area contributed by atoms with Crippen LogP contribution in [0.3, 0.4) is 0 Å². The van der Waals surface area contributed by atoms with Crippen molar-refractivity contribution in [3.63, 3.8) is 0 Å². The third-order valence-electron chi connectivity index (χ3n) is 3.50. The van der Waals surface area contributed by atoms with Crippen molar-refractivity contribution < 1.29 is 67.1 Å². The Labute approximate surface area is 146 Å². The Kier molecular flexibility index (Phi) is 6.02. The van der Waals surface area contributed by atoms with E-state index in [2.05, 4.69) is 4.52 Å². The average Bonchev–Trinajstić information content (AvgIpc) is 2.79. The fourth-order valence-electron chi connectivity index (χ4n) is 2.68. The maximum Gasteiger partial charge on any atom is 0.358 e. The van der Waals surface area contributed by atoms with E-state index in [-0.39, 0.29) is 0 Å². The molecule has 6 atom stereocenters. The molecule has 17 heteroatoms. The first kappa shape index (κ1) is 22.5. The largest absolute Gasteiger partial charge is 0.366 e. The Bertz CT molecular complexity index is 659. The first-order valence-corrected chi connectivity index (χ1v) is 12.0. The van der Waals surface area contributed by atoms with Gasteiger partial charge in [0.15, 0.2) is 18.4 Å². The van der Waals surface area contributed by atoms with Crippen LogP contribution in [0.1, 0.15) is 13.8 Å². The van der Waals surface area contributed by atoms with Gasteiger partial charge in [-0.2, -0.15) is 0 Å². The lowest BCUT2D eigenvalue weighted by Gasteiger charge is -2.29. The molecule has 0 amide bonds. The van der Waals surface area contributed by atoms with E-state index in [9.17, 15) is 28.8 Å². The van der Waals surface area contributed by atoms with Crippen LogP contribution in [-0.2, 0) is 32.4 Å². The predicted molar refractivity (Wildman–Crippen MR) is 79.5 cm³/mol. The molecule has 154 valence electrons. The summed E-state index contributed by atoms with van der Waals surface area (Å²) in [7, 11) is -17.4. The van der Waals surface area contributed by atoms with Gasteiger partial charge in [0.1, 0.15) is 18.3 Å². The zero-order valence-corrected chi connectivity index (χ0v) is 16.0. The lowest BCUT2D eigenvalue weighted by molar-refractivity contribution is -0.246. The summed E-state index contributed by atoms with van der Waals surface area (Å²) in [4.78, 5) is 45.7. The Balaban J connectivity index is 2.23. The van der Waals surface area contributed by atoms with Crippen molar-refractivity contribution in [3.8, 4) is 0 Å². The normalized spacial score (nSPS) is 35.3. The smallest absolute Gasteiger partial charge is 0.358 e. The van der Waals surface area contributed by atoms with Crippen LogP contribution in [0.2, 0.25) is 0 Å². The molecule has 0 saturated carbocycles. The molecule has 0 aromatic carbocycles. The van der Waals surface area contributed by atoms with Crippen molar-refractivity contribution in [3.05, 3.63) is 0 Å². The number of fused-ring (bicyclic) bond motifs is 1. The van der Waals surface area contributed by atoms with Crippen LogP contribution in [0.4, 0.5) is 0 Å². The second-order valence-electron chi connectivity index (χ2n) is 6.14. The Morgan fingerprint density at radius 1 is 0.962 bits per heavy atom. The second-order valence-corrected chi connectivity index (χ2v) is 12.6. The molecule has 2 aliphatic heterocycles. The Morgan fingerprint density at radius 3 is 1.88 bits per heavy atom. The highest BCUT2D eigenvalue weighted by Gasteiger charge is 2.61. The van der Waals surface area contributed by atoms with Crippen LogP contribution >= 0.6 is 22.8 Å². The fourth-order valence-corrected chi connectivity index (χ4v) is 8.16. The van der Waals surface area contributed by atoms with Crippen LogP contribution in [0.5, 0.6) is 0 Å². The first-order valence-electron chi connectivity index (χ1n) is 6.94. The quantitative estimate of drug-likeness (QED) is 0.180. The highest BCUT2D eigenvalue weighted by molar-refractivity contribution is 7.87. The number of aliphatic hydroxyl groups is 2. The summed E-state index contributed by atoms with van der Waals surface area (Å²) in [6.07, 6.45) is -8.01. The van der Waals surface area contributed by atoms with E-state index in [1.54, 1.807) is 0 Å². The molecule has 0 aromatic rings. The lowest BCUT2D eigenvalue weighted by atomic mass is 10.1. The van der Waals surface area contributed by atoms with Gasteiger partial charge in [-0.05, 0) is 13.8 Å². The Hall–Kier alpha value is 0.250.